The number of fused-ring (bicyclic) bond motifs is 6. The minimum atomic E-state index is -0.192. The molecule has 3 heterocycles. The summed E-state index contributed by atoms with van der Waals surface area (Å²) in [7, 11) is 0. The molecule has 4 nitrogen and oxygen atoms in total. The van der Waals surface area contributed by atoms with Crippen LogP contribution in [0.2, 0.25) is 0 Å². The van der Waals surface area contributed by atoms with E-state index < -0.39 is 0 Å². The van der Waals surface area contributed by atoms with Crippen LogP contribution in [0.4, 0.5) is 34.1 Å². The molecular formula is C82H71BN4. The van der Waals surface area contributed by atoms with E-state index in [0.29, 0.717) is 5.82 Å². The van der Waals surface area contributed by atoms with Crippen molar-refractivity contribution in [3.8, 4) is 33.9 Å². The van der Waals surface area contributed by atoms with Crippen LogP contribution in [0.15, 0.2) is 212 Å². The number of aromatic nitrogens is 2. The van der Waals surface area contributed by atoms with Crippen molar-refractivity contribution < 1.29 is 0 Å². The summed E-state index contributed by atoms with van der Waals surface area (Å²) in [6.45, 7) is 28.1. The lowest BCUT2D eigenvalue weighted by Gasteiger charge is -2.46. The van der Waals surface area contributed by atoms with Crippen molar-refractivity contribution in [2.24, 2.45) is 0 Å². The van der Waals surface area contributed by atoms with Crippen LogP contribution in [0.25, 0.3) is 98.5 Å². The molecule has 0 saturated heterocycles. The maximum atomic E-state index is 5.69. The fourth-order valence-electron chi connectivity index (χ4n) is 14.6. The van der Waals surface area contributed by atoms with Gasteiger partial charge in [0.25, 0.3) is 6.71 Å². The van der Waals surface area contributed by atoms with Crippen molar-refractivity contribution in [3.63, 3.8) is 0 Å². The Labute approximate surface area is 511 Å². The number of hydrogen-bond donors (Lipinski definition) is 0. The van der Waals surface area contributed by atoms with Crippen LogP contribution < -0.4 is 26.2 Å². The van der Waals surface area contributed by atoms with Crippen molar-refractivity contribution in [3.05, 3.63) is 235 Å². The topological polar surface area (TPSA) is 32.3 Å². The largest absolute Gasteiger partial charge is 0.311 e. The number of rotatable bonds is 5. The van der Waals surface area contributed by atoms with Crippen LogP contribution in [-0.2, 0) is 21.7 Å². The third kappa shape index (κ3) is 8.32. The summed E-state index contributed by atoms with van der Waals surface area (Å²) >= 11 is 0. The van der Waals surface area contributed by atoms with Crippen molar-refractivity contribution >= 4 is 122 Å². The fraction of sp³-hybridized carbons (Fsp3) is 0.195. The zero-order valence-electron chi connectivity index (χ0n) is 52.1. The van der Waals surface area contributed by atoms with Gasteiger partial charge in [-0.05, 0) is 157 Å². The molecular weight excluding hydrogens is 1050 g/mol. The van der Waals surface area contributed by atoms with E-state index in [1.54, 1.807) is 0 Å². The Kier molecular flexibility index (Phi) is 11.4. The van der Waals surface area contributed by atoms with E-state index in [2.05, 4.69) is 305 Å². The molecule has 14 aromatic rings. The fourth-order valence-corrected chi connectivity index (χ4v) is 14.6. The van der Waals surface area contributed by atoms with Gasteiger partial charge in [-0.1, -0.05) is 253 Å². The van der Waals surface area contributed by atoms with Crippen LogP contribution in [-0.4, -0.2) is 16.7 Å². The van der Waals surface area contributed by atoms with E-state index in [9.17, 15) is 0 Å². The molecule has 0 N–H and O–H groups in total. The lowest BCUT2D eigenvalue weighted by atomic mass is 9.33. The Balaban J connectivity index is 1.13. The van der Waals surface area contributed by atoms with E-state index in [0.717, 1.165) is 50.8 Å². The Morgan fingerprint density at radius 3 is 1.03 bits per heavy atom. The summed E-state index contributed by atoms with van der Waals surface area (Å²) in [4.78, 5) is 16.8. The van der Waals surface area contributed by atoms with E-state index >= 15 is 0 Å². The highest BCUT2D eigenvalue weighted by molar-refractivity contribution is 7.01. The summed E-state index contributed by atoms with van der Waals surface area (Å²) in [6, 6.07) is 81.1. The van der Waals surface area contributed by atoms with Gasteiger partial charge in [-0.3, -0.25) is 0 Å². The minimum Gasteiger partial charge on any atom is -0.311 e. The highest BCUT2D eigenvalue weighted by Gasteiger charge is 2.46. The van der Waals surface area contributed by atoms with E-state index in [1.807, 2.05) is 0 Å². The highest BCUT2D eigenvalue weighted by Crippen LogP contribution is 2.53. The van der Waals surface area contributed by atoms with Crippen molar-refractivity contribution in [2.45, 2.75) is 105 Å². The van der Waals surface area contributed by atoms with Crippen molar-refractivity contribution in [2.75, 3.05) is 9.80 Å². The monoisotopic (exact) mass is 1120 g/mol. The number of anilines is 6. The zero-order chi connectivity index (χ0) is 59.8. The van der Waals surface area contributed by atoms with Crippen molar-refractivity contribution in [1.29, 1.82) is 0 Å². The summed E-state index contributed by atoms with van der Waals surface area (Å²) in [5, 5.41) is 15.2. The molecule has 2 aliphatic heterocycles. The smallest absolute Gasteiger partial charge is 0.252 e. The first kappa shape index (κ1) is 53.2. The second-order valence-corrected chi connectivity index (χ2v) is 29.1. The highest BCUT2D eigenvalue weighted by atomic mass is 15.2. The molecule has 0 aliphatic carbocycles. The molecule has 5 heteroatoms. The standard InChI is InChI=1S/C82H71BN4/c1-79(2,3)57-41-58(80(4,5)6)44-61(43-57)86-69-39-56(78-84-67(48-21-15-13-16-22-48)47-68(85-78)49-23-17-14-18-24-49)40-70-75(69)83(65-37-54-31-29-50-25-19-27-52-33-35-63(76(65)86)73(54)71(50)52)66-38-55-32-30-51-26-20-28-53-34-36-64(74(55)72(51)53)77(66)87(70)62-45-59(81(7,8)9)42-60(46-62)82(10,11)12/h13-47H,1-12H3. The van der Waals surface area contributed by atoms with E-state index in [4.69, 9.17) is 9.97 Å². The molecule has 0 unspecified atom stereocenters. The average Bonchev–Trinajstić information content (AvgIpc) is 0.683. The molecule has 0 atom stereocenters. The summed E-state index contributed by atoms with van der Waals surface area (Å²) in [6.07, 6.45) is 0. The van der Waals surface area contributed by atoms with Gasteiger partial charge in [0.1, 0.15) is 0 Å². The van der Waals surface area contributed by atoms with Crippen molar-refractivity contribution in [1.82, 2.24) is 9.97 Å². The molecule has 0 bridgehead atoms. The van der Waals surface area contributed by atoms with Gasteiger partial charge in [0.05, 0.1) is 11.4 Å². The van der Waals surface area contributed by atoms with Crippen LogP contribution in [0.1, 0.15) is 105 Å². The second kappa shape index (κ2) is 18.6. The predicted molar refractivity (Wildman–Crippen MR) is 375 cm³/mol. The molecule has 422 valence electrons. The van der Waals surface area contributed by atoms with Gasteiger partial charge in [-0.25, -0.2) is 9.97 Å². The molecule has 16 rings (SSSR count). The lowest BCUT2D eigenvalue weighted by Crippen LogP contribution is -2.61. The zero-order valence-corrected chi connectivity index (χ0v) is 52.1. The van der Waals surface area contributed by atoms with Gasteiger partial charge in [0, 0.05) is 61.6 Å². The van der Waals surface area contributed by atoms with Gasteiger partial charge in [0.2, 0.25) is 0 Å². The minimum absolute atomic E-state index is 0.154. The third-order valence-electron chi connectivity index (χ3n) is 19.2. The van der Waals surface area contributed by atoms with Gasteiger partial charge < -0.3 is 9.80 Å². The second-order valence-electron chi connectivity index (χ2n) is 29.1. The molecule has 87 heavy (non-hydrogen) atoms. The maximum absolute atomic E-state index is 5.69. The summed E-state index contributed by atoms with van der Waals surface area (Å²) in [5.41, 5.74) is 20.2. The van der Waals surface area contributed by atoms with Gasteiger partial charge in [0.15, 0.2) is 5.82 Å². The Morgan fingerprint density at radius 2 is 0.667 bits per heavy atom. The molecule has 0 saturated carbocycles. The molecule has 0 amide bonds. The SMILES string of the molecule is CC(C)(C)c1cc(N2c3cc(-c4nc(-c5ccccc5)cc(-c5ccccc5)n4)cc4c3B(c3cc5ccc6cccc7ccc(c32)c5c67)c2cc3ccc5cccc6ccc(c2N4c2cc(C(C)(C)C)cc(C(C)(C)C)c2)c3c56)cc(C(C)(C)C)c1. The Hall–Kier alpha value is -9.32. The normalized spacial score (nSPS) is 13.7. The van der Waals surface area contributed by atoms with Gasteiger partial charge >= 0.3 is 0 Å². The lowest BCUT2D eigenvalue weighted by molar-refractivity contribution is 0.568. The number of nitrogens with zero attached hydrogens (tertiary/aromatic N) is 4. The van der Waals surface area contributed by atoms with Crippen LogP contribution >= 0.6 is 0 Å². The summed E-state index contributed by atoms with van der Waals surface area (Å²) in [5.74, 6) is 0.672. The van der Waals surface area contributed by atoms with E-state index in [-0.39, 0.29) is 28.4 Å². The first-order chi connectivity index (χ1) is 41.6. The molecule has 0 spiro atoms. The van der Waals surface area contributed by atoms with Gasteiger partial charge in [-0.15, -0.1) is 0 Å². The Bertz CT molecular complexity index is 4740. The molecule has 0 radical (unpaired) electrons. The van der Waals surface area contributed by atoms with Crippen LogP contribution in [0.5, 0.6) is 0 Å². The van der Waals surface area contributed by atoms with Gasteiger partial charge in [-0.2, -0.15) is 0 Å². The quantitative estimate of drug-likeness (QED) is 0.127. The molecule has 1 aromatic heterocycles. The van der Waals surface area contributed by atoms with Crippen LogP contribution in [0, 0.1) is 0 Å². The molecule has 0 fully saturated rings. The van der Waals surface area contributed by atoms with Crippen LogP contribution in [0.3, 0.4) is 0 Å². The molecule has 13 aromatic carbocycles. The first-order valence-corrected chi connectivity index (χ1v) is 31.2. The molecule has 2 aliphatic rings. The predicted octanol–water partition coefficient (Wildman–Crippen LogP) is 20.5. The maximum Gasteiger partial charge on any atom is 0.252 e. The number of benzene rings is 13. The Morgan fingerprint density at radius 1 is 0.310 bits per heavy atom. The summed E-state index contributed by atoms with van der Waals surface area (Å²) < 4.78 is 0. The first-order valence-electron chi connectivity index (χ1n) is 31.2. The average molecular weight is 1120 g/mol. The number of hydrogen-bond acceptors (Lipinski definition) is 4. The van der Waals surface area contributed by atoms with E-state index in [1.165, 1.54) is 115 Å². The third-order valence-corrected chi connectivity index (χ3v) is 19.2.